The highest BCUT2D eigenvalue weighted by Crippen LogP contribution is 2.26. The van der Waals surface area contributed by atoms with Gasteiger partial charge < -0.3 is 39.0 Å². The maximum atomic E-state index is 13.1. The molecule has 1 rings (SSSR count). The zero-order valence-corrected chi connectivity index (χ0v) is 48.3. The first kappa shape index (κ1) is 71.4. The van der Waals surface area contributed by atoms with E-state index in [1.165, 1.54) is 0 Å². The van der Waals surface area contributed by atoms with Crippen LogP contribution in [0.2, 0.25) is 0 Å². The largest absolute Gasteiger partial charge is 0.479 e. The molecule has 0 radical (unpaired) electrons. The number of carbonyl (C=O) groups is 4. The van der Waals surface area contributed by atoms with Crippen molar-refractivity contribution >= 4 is 23.9 Å². The van der Waals surface area contributed by atoms with Crippen molar-refractivity contribution in [2.45, 2.75) is 225 Å². The first-order valence-corrected chi connectivity index (χ1v) is 29.5. The van der Waals surface area contributed by atoms with Crippen molar-refractivity contribution in [1.29, 1.82) is 0 Å². The summed E-state index contributed by atoms with van der Waals surface area (Å²) in [4.78, 5) is 51.1. The van der Waals surface area contributed by atoms with Gasteiger partial charge in [-0.2, -0.15) is 0 Å². The van der Waals surface area contributed by atoms with E-state index in [0.717, 1.165) is 116 Å². The van der Waals surface area contributed by atoms with Gasteiger partial charge in [0.15, 0.2) is 24.6 Å². The van der Waals surface area contributed by atoms with Gasteiger partial charge in [0, 0.05) is 19.3 Å². The first-order chi connectivity index (χ1) is 38.6. The molecule has 0 amide bonds. The Balaban J connectivity index is 2.76. The van der Waals surface area contributed by atoms with Gasteiger partial charge >= 0.3 is 23.9 Å². The van der Waals surface area contributed by atoms with Gasteiger partial charge in [-0.15, -0.1) is 0 Å². The monoisotopic (exact) mass is 1100 g/mol. The summed E-state index contributed by atoms with van der Waals surface area (Å²) in [6.45, 7) is 5.51. The van der Waals surface area contributed by atoms with E-state index in [0.29, 0.717) is 32.1 Å². The molecule has 6 unspecified atom stereocenters. The summed E-state index contributed by atoms with van der Waals surface area (Å²) in [5.74, 6) is -3.36. The standard InChI is InChI=1S/C67H100O12/c1-4-7-10-13-16-19-22-25-27-29-30-32-34-37-40-43-46-49-52-55-61(70)78-65-63(72)62(71)64(66(73)74)79-67(65)76-57-58(77-60(69)54-51-48-45-42-39-35-24-21-18-15-12-9-6-3)56-75-59(68)53-50-47-44-41-38-36-33-31-28-26-23-20-17-14-11-8-5-2/h7-12,16-21,25-28,30,32-33,35-36,39,41,44-45,48,58,62-65,67,71-72H,4-6,13-15,22-24,29,31,34,37-38,40,42-43,46-47,49-57H2,1-3H3,(H,73,74)/b10-7-,11-8-,12-9-,19-16-,20-17-,21-18-,27-25-,28-26-,32-30-,36-33-,39-35-,44-41-,48-45-. The molecule has 440 valence electrons. The molecule has 1 saturated heterocycles. The van der Waals surface area contributed by atoms with E-state index in [1.807, 2.05) is 30.4 Å². The minimum atomic E-state index is -1.94. The third kappa shape index (κ3) is 42.9. The molecule has 0 spiro atoms. The minimum absolute atomic E-state index is 0.0180. The van der Waals surface area contributed by atoms with E-state index in [1.54, 1.807) is 0 Å². The average molecular weight is 1100 g/mol. The van der Waals surface area contributed by atoms with Crippen LogP contribution in [-0.4, -0.2) is 89.2 Å². The molecule has 0 bridgehead atoms. The normalized spacial score (nSPS) is 19.0. The van der Waals surface area contributed by atoms with Gasteiger partial charge in [-0.1, -0.05) is 204 Å². The SMILES string of the molecule is CC/C=C\C/C=C\C/C=C\C/C=C\C/C=C\CCCC(=O)OCC(COC1OC(C(=O)O)C(O)C(O)C1OC(=O)CCCCCCCC/C=C\C/C=C\C/C=C\C/C=C\CC)OC(=O)CC/C=C\C/C=C\C/C=C\C/C=C\CC. The number of carboxylic acid groups (broad SMARTS) is 1. The van der Waals surface area contributed by atoms with Crippen molar-refractivity contribution in [3.8, 4) is 0 Å². The van der Waals surface area contributed by atoms with Gasteiger partial charge in [-0.05, 0) is 122 Å². The van der Waals surface area contributed by atoms with E-state index < -0.39 is 67.3 Å². The van der Waals surface area contributed by atoms with E-state index in [4.69, 9.17) is 23.7 Å². The number of hydrogen-bond acceptors (Lipinski definition) is 11. The van der Waals surface area contributed by atoms with Crippen LogP contribution < -0.4 is 0 Å². The quantitative estimate of drug-likeness (QED) is 0.0228. The molecule has 1 aliphatic rings. The Morgan fingerprint density at radius 2 is 0.797 bits per heavy atom. The summed E-state index contributed by atoms with van der Waals surface area (Å²) in [5, 5.41) is 31.5. The molecule has 0 aliphatic carbocycles. The zero-order valence-electron chi connectivity index (χ0n) is 48.3. The highest BCUT2D eigenvalue weighted by atomic mass is 16.7. The van der Waals surface area contributed by atoms with E-state index >= 15 is 0 Å². The maximum Gasteiger partial charge on any atom is 0.335 e. The predicted octanol–water partition coefficient (Wildman–Crippen LogP) is 15.3. The lowest BCUT2D eigenvalue weighted by molar-refractivity contribution is -0.301. The number of aliphatic carboxylic acids is 1. The van der Waals surface area contributed by atoms with Crippen LogP contribution in [0.4, 0.5) is 0 Å². The lowest BCUT2D eigenvalue weighted by Crippen LogP contribution is -2.61. The molecule has 0 saturated carbocycles. The van der Waals surface area contributed by atoms with Crippen molar-refractivity contribution in [2.24, 2.45) is 0 Å². The Hall–Kier alpha value is -5.66. The van der Waals surface area contributed by atoms with Gasteiger partial charge in [0.05, 0.1) is 6.61 Å². The molecule has 12 nitrogen and oxygen atoms in total. The molecule has 1 heterocycles. The molecule has 0 aromatic rings. The molecular formula is C67H100O12. The molecule has 1 aliphatic heterocycles. The van der Waals surface area contributed by atoms with Crippen LogP contribution in [0.1, 0.15) is 188 Å². The number of unbranched alkanes of at least 4 members (excludes halogenated alkanes) is 7. The summed E-state index contributed by atoms with van der Waals surface area (Å²) >= 11 is 0. The highest BCUT2D eigenvalue weighted by molar-refractivity contribution is 5.74. The van der Waals surface area contributed by atoms with E-state index in [2.05, 4.69) is 148 Å². The van der Waals surface area contributed by atoms with E-state index in [9.17, 15) is 34.5 Å². The average Bonchev–Trinajstić information content (AvgIpc) is 3.47. The molecule has 0 aromatic heterocycles. The van der Waals surface area contributed by atoms with Crippen LogP contribution in [0.3, 0.4) is 0 Å². The third-order valence-electron chi connectivity index (χ3n) is 12.1. The number of rotatable bonds is 47. The van der Waals surface area contributed by atoms with Crippen LogP contribution >= 0.6 is 0 Å². The second-order valence-corrected chi connectivity index (χ2v) is 19.1. The summed E-state index contributed by atoms with van der Waals surface area (Å²) < 4.78 is 28.2. The van der Waals surface area contributed by atoms with Gasteiger partial charge in [-0.25, -0.2) is 4.79 Å². The Morgan fingerprint density at radius 3 is 1.24 bits per heavy atom. The van der Waals surface area contributed by atoms with Crippen molar-refractivity contribution < 1.29 is 58.2 Å². The third-order valence-corrected chi connectivity index (χ3v) is 12.1. The zero-order chi connectivity index (χ0) is 57.5. The summed E-state index contributed by atoms with van der Waals surface area (Å²) in [7, 11) is 0. The van der Waals surface area contributed by atoms with Gasteiger partial charge in [0.25, 0.3) is 0 Å². The van der Waals surface area contributed by atoms with Crippen LogP contribution in [0.25, 0.3) is 0 Å². The van der Waals surface area contributed by atoms with Crippen molar-refractivity contribution in [2.75, 3.05) is 13.2 Å². The second kappa shape index (κ2) is 53.0. The number of aliphatic hydroxyl groups is 2. The molecule has 12 heteroatoms. The summed E-state index contributed by atoms with van der Waals surface area (Å²) in [5.41, 5.74) is 0. The smallest absolute Gasteiger partial charge is 0.335 e. The lowest BCUT2D eigenvalue weighted by Gasteiger charge is -2.40. The Kier molecular flexibility index (Phi) is 47.9. The number of esters is 3. The van der Waals surface area contributed by atoms with Crippen LogP contribution in [-0.2, 0) is 42.9 Å². The topological polar surface area (TPSA) is 175 Å². The predicted molar refractivity (Wildman–Crippen MR) is 321 cm³/mol. The number of hydrogen-bond donors (Lipinski definition) is 3. The molecule has 3 N–H and O–H groups in total. The fraction of sp³-hybridized carbons (Fsp3) is 0.552. The Labute approximate surface area is 475 Å². The van der Waals surface area contributed by atoms with Crippen molar-refractivity contribution in [3.05, 3.63) is 158 Å². The van der Waals surface area contributed by atoms with Crippen LogP contribution in [0.5, 0.6) is 0 Å². The van der Waals surface area contributed by atoms with Gasteiger partial charge in [-0.3, -0.25) is 14.4 Å². The number of carboxylic acids is 1. The van der Waals surface area contributed by atoms with Crippen LogP contribution in [0.15, 0.2) is 158 Å². The fourth-order valence-electron chi connectivity index (χ4n) is 7.70. The van der Waals surface area contributed by atoms with Gasteiger partial charge in [0.2, 0.25) is 0 Å². The molecular weight excluding hydrogens is 997 g/mol. The molecule has 79 heavy (non-hydrogen) atoms. The highest BCUT2D eigenvalue weighted by Gasteiger charge is 2.50. The minimum Gasteiger partial charge on any atom is -0.479 e. The lowest BCUT2D eigenvalue weighted by atomic mass is 9.98. The molecule has 6 atom stereocenters. The Bertz CT molecular complexity index is 1980. The summed E-state index contributed by atoms with van der Waals surface area (Å²) in [6.07, 6.45) is 65.2. The van der Waals surface area contributed by atoms with Crippen molar-refractivity contribution in [1.82, 2.24) is 0 Å². The summed E-state index contributed by atoms with van der Waals surface area (Å²) in [6, 6.07) is 0. The number of carbonyl (C=O) groups excluding carboxylic acids is 3. The van der Waals surface area contributed by atoms with E-state index in [-0.39, 0.29) is 25.9 Å². The number of aliphatic hydroxyl groups excluding tert-OH is 2. The van der Waals surface area contributed by atoms with Gasteiger partial charge in [0.1, 0.15) is 18.8 Å². The second-order valence-electron chi connectivity index (χ2n) is 19.1. The number of allylic oxidation sites excluding steroid dienone is 26. The maximum absolute atomic E-state index is 13.1. The number of ether oxygens (including phenoxy) is 5. The molecule has 1 fully saturated rings. The Morgan fingerprint density at radius 1 is 0.418 bits per heavy atom. The fourth-order valence-corrected chi connectivity index (χ4v) is 7.70. The van der Waals surface area contributed by atoms with Crippen LogP contribution in [0, 0.1) is 0 Å². The van der Waals surface area contributed by atoms with Crippen molar-refractivity contribution in [3.63, 3.8) is 0 Å². The first-order valence-electron chi connectivity index (χ1n) is 29.5. The molecule has 0 aromatic carbocycles.